The van der Waals surface area contributed by atoms with Crippen molar-refractivity contribution in [1.82, 2.24) is 9.80 Å². The van der Waals surface area contributed by atoms with Crippen molar-refractivity contribution in [2.24, 2.45) is 0 Å². The summed E-state index contributed by atoms with van der Waals surface area (Å²) in [7, 11) is 0. The maximum absolute atomic E-state index is 13.7. The van der Waals surface area contributed by atoms with Crippen molar-refractivity contribution >= 4 is 29.5 Å². The number of amides is 2. The Morgan fingerprint density at radius 1 is 1.11 bits per heavy atom. The number of nitrogens with zero attached hydrogens (tertiary/aromatic N) is 2. The molecular formula is C21H19ClF2N2O2. The molecule has 2 aromatic carbocycles. The zero-order chi connectivity index (χ0) is 20.1. The monoisotopic (exact) mass is 404 g/mol. The first kappa shape index (κ1) is 20.0. The summed E-state index contributed by atoms with van der Waals surface area (Å²) in [4.78, 5) is 28.0. The van der Waals surface area contributed by atoms with E-state index in [9.17, 15) is 18.4 Å². The molecule has 28 heavy (non-hydrogen) atoms. The van der Waals surface area contributed by atoms with Gasteiger partial charge in [-0.25, -0.2) is 8.78 Å². The molecule has 0 atom stereocenters. The maximum Gasteiger partial charge on any atom is 0.246 e. The Morgan fingerprint density at radius 3 is 2.68 bits per heavy atom. The predicted octanol–water partition coefficient (Wildman–Crippen LogP) is 3.89. The second kappa shape index (κ2) is 8.97. The van der Waals surface area contributed by atoms with Crippen molar-refractivity contribution in [3.05, 3.63) is 76.3 Å². The van der Waals surface area contributed by atoms with Gasteiger partial charge in [-0.2, -0.15) is 0 Å². The van der Waals surface area contributed by atoms with Crippen molar-refractivity contribution in [2.75, 3.05) is 19.6 Å². The fraction of sp³-hybridized carbons (Fsp3) is 0.238. The molecule has 146 valence electrons. The molecule has 7 heteroatoms. The Morgan fingerprint density at radius 2 is 1.93 bits per heavy atom. The third kappa shape index (κ3) is 5.16. The van der Waals surface area contributed by atoms with Crippen molar-refractivity contribution in [3.63, 3.8) is 0 Å². The van der Waals surface area contributed by atoms with Crippen LogP contribution in [0.2, 0.25) is 5.02 Å². The molecular weight excluding hydrogens is 386 g/mol. The van der Waals surface area contributed by atoms with Gasteiger partial charge in [0.25, 0.3) is 0 Å². The normalized spacial score (nSPS) is 15.2. The summed E-state index contributed by atoms with van der Waals surface area (Å²) in [6, 6.07) is 10.5. The minimum Gasteiger partial charge on any atom is -0.337 e. The van der Waals surface area contributed by atoms with Crippen LogP contribution in [-0.4, -0.2) is 41.2 Å². The van der Waals surface area contributed by atoms with Gasteiger partial charge in [0.1, 0.15) is 11.6 Å². The second-order valence-corrected chi connectivity index (χ2v) is 6.96. The Labute approximate surface area is 167 Å². The van der Waals surface area contributed by atoms with Gasteiger partial charge >= 0.3 is 0 Å². The van der Waals surface area contributed by atoms with Crippen LogP contribution >= 0.6 is 11.6 Å². The van der Waals surface area contributed by atoms with Crippen LogP contribution in [0, 0.1) is 11.6 Å². The predicted molar refractivity (Wildman–Crippen MR) is 103 cm³/mol. The van der Waals surface area contributed by atoms with Crippen LogP contribution in [0.1, 0.15) is 17.5 Å². The lowest BCUT2D eigenvalue weighted by Crippen LogP contribution is -2.34. The van der Waals surface area contributed by atoms with Crippen LogP contribution in [0.25, 0.3) is 6.08 Å². The first-order valence-corrected chi connectivity index (χ1v) is 9.24. The molecule has 0 spiro atoms. The third-order valence-electron chi connectivity index (χ3n) is 4.53. The van der Waals surface area contributed by atoms with E-state index in [-0.39, 0.29) is 23.8 Å². The second-order valence-electron chi connectivity index (χ2n) is 6.52. The minimum absolute atomic E-state index is 0.0381. The number of halogens is 3. The summed E-state index contributed by atoms with van der Waals surface area (Å²) < 4.78 is 26.6. The van der Waals surface area contributed by atoms with E-state index in [0.29, 0.717) is 31.2 Å². The van der Waals surface area contributed by atoms with Crippen LogP contribution < -0.4 is 0 Å². The summed E-state index contributed by atoms with van der Waals surface area (Å²) in [6.07, 6.45) is 2.77. The molecule has 0 radical (unpaired) electrons. The number of benzene rings is 2. The molecule has 1 heterocycles. The molecule has 0 bridgehead atoms. The molecule has 1 saturated heterocycles. The van der Waals surface area contributed by atoms with E-state index < -0.39 is 11.6 Å². The van der Waals surface area contributed by atoms with E-state index in [2.05, 4.69) is 0 Å². The SMILES string of the molecule is O=C(C=Cc1ccc(F)cc1F)N1CCC(=O)N(Cc2cccc(Cl)c2)CC1. The topological polar surface area (TPSA) is 40.6 Å². The first-order valence-electron chi connectivity index (χ1n) is 8.86. The lowest BCUT2D eigenvalue weighted by Gasteiger charge is -2.21. The Bertz CT molecular complexity index is 917. The van der Waals surface area contributed by atoms with Crippen LogP contribution in [0.5, 0.6) is 0 Å². The lowest BCUT2D eigenvalue weighted by atomic mass is 10.2. The van der Waals surface area contributed by atoms with E-state index in [1.807, 2.05) is 18.2 Å². The molecule has 2 amide bonds. The van der Waals surface area contributed by atoms with Crippen molar-refractivity contribution in [2.45, 2.75) is 13.0 Å². The highest BCUT2D eigenvalue weighted by Gasteiger charge is 2.23. The first-order chi connectivity index (χ1) is 13.4. The van der Waals surface area contributed by atoms with E-state index in [1.54, 1.807) is 15.9 Å². The summed E-state index contributed by atoms with van der Waals surface area (Å²) in [6.45, 7) is 1.50. The molecule has 1 aliphatic rings. The van der Waals surface area contributed by atoms with Crippen molar-refractivity contribution in [3.8, 4) is 0 Å². The van der Waals surface area contributed by atoms with E-state index in [1.165, 1.54) is 18.2 Å². The van der Waals surface area contributed by atoms with E-state index in [0.717, 1.165) is 17.7 Å². The number of rotatable bonds is 4. The summed E-state index contributed by atoms with van der Waals surface area (Å²) >= 11 is 5.99. The standard InChI is InChI=1S/C21H19ClF2N2O2/c22-17-3-1-2-15(12-17)14-26-11-10-25(9-8-21(26)28)20(27)7-5-16-4-6-18(23)13-19(16)24/h1-7,12-13H,8-11,14H2. The van der Waals surface area contributed by atoms with E-state index >= 15 is 0 Å². The maximum atomic E-state index is 13.7. The molecule has 0 saturated carbocycles. The zero-order valence-corrected chi connectivity index (χ0v) is 15.8. The van der Waals surface area contributed by atoms with Gasteiger partial charge in [0.2, 0.25) is 11.8 Å². The van der Waals surface area contributed by atoms with Crippen LogP contribution in [0.4, 0.5) is 8.78 Å². The number of hydrogen-bond acceptors (Lipinski definition) is 2. The third-order valence-corrected chi connectivity index (χ3v) is 4.77. The number of carbonyl (C=O) groups is 2. The quantitative estimate of drug-likeness (QED) is 0.725. The van der Waals surface area contributed by atoms with Gasteiger partial charge in [-0.1, -0.05) is 23.7 Å². The van der Waals surface area contributed by atoms with Gasteiger partial charge in [0, 0.05) is 55.3 Å². The summed E-state index contributed by atoms with van der Waals surface area (Å²) in [5.74, 6) is -1.76. The molecule has 0 aliphatic carbocycles. The Balaban J connectivity index is 1.62. The molecule has 1 fully saturated rings. The van der Waals surface area contributed by atoms with Crippen LogP contribution in [0.3, 0.4) is 0 Å². The van der Waals surface area contributed by atoms with Gasteiger partial charge in [-0.05, 0) is 35.9 Å². The van der Waals surface area contributed by atoms with Crippen molar-refractivity contribution < 1.29 is 18.4 Å². The number of hydrogen-bond donors (Lipinski definition) is 0. The van der Waals surface area contributed by atoms with Crippen LogP contribution in [-0.2, 0) is 16.1 Å². The fourth-order valence-corrected chi connectivity index (χ4v) is 3.23. The highest BCUT2D eigenvalue weighted by Crippen LogP contribution is 2.16. The average molecular weight is 405 g/mol. The van der Waals surface area contributed by atoms with E-state index in [4.69, 9.17) is 11.6 Å². The average Bonchev–Trinajstić information content (AvgIpc) is 2.83. The summed E-state index contributed by atoms with van der Waals surface area (Å²) in [5, 5.41) is 0.606. The molecule has 3 rings (SSSR count). The zero-order valence-electron chi connectivity index (χ0n) is 15.1. The molecule has 4 nitrogen and oxygen atoms in total. The van der Waals surface area contributed by atoms with Crippen molar-refractivity contribution in [1.29, 1.82) is 0 Å². The molecule has 0 N–H and O–H groups in total. The van der Waals surface area contributed by atoms with Gasteiger partial charge in [0.05, 0.1) is 0 Å². The fourth-order valence-electron chi connectivity index (χ4n) is 3.01. The van der Waals surface area contributed by atoms with Gasteiger partial charge < -0.3 is 9.80 Å². The highest BCUT2D eigenvalue weighted by atomic mass is 35.5. The largest absolute Gasteiger partial charge is 0.337 e. The van der Waals surface area contributed by atoms with Gasteiger partial charge in [0.15, 0.2) is 0 Å². The lowest BCUT2D eigenvalue weighted by molar-refractivity contribution is -0.130. The molecule has 2 aromatic rings. The Kier molecular flexibility index (Phi) is 6.41. The van der Waals surface area contributed by atoms with Crippen LogP contribution in [0.15, 0.2) is 48.5 Å². The number of carbonyl (C=O) groups excluding carboxylic acids is 2. The Hall–Kier alpha value is -2.73. The molecule has 1 aliphatic heterocycles. The molecule has 0 unspecified atom stereocenters. The minimum atomic E-state index is -0.734. The molecule has 0 aromatic heterocycles. The highest BCUT2D eigenvalue weighted by molar-refractivity contribution is 6.30. The van der Waals surface area contributed by atoms with Gasteiger partial charge in [-0.15, -0.1) is 0 Å². The summed E-state index contributed by atoms with van der Waals surface area (Å²) in [5.41, 5.74) is 1.05. The smallest absolute Gasteiger partial charge is 0.246 e. The van der Waals surface area contributed by atoms with Gasteiger partial charge in [-0.3, -0.25) is 9.59 Å².